The lowest BCUT2D eigenvalue weighted by molar-refractivity contribution is -0.118. The number of rotatable bonds is 3. The van der Waals surface area contributed by atoms with Crippen LogP contribution in [0.1, 0.15) is 5.56 Å². The SMILES string of the molecule is O=C(CN1CCc2ccccc21)NC(=O)Nc1ccc2c(c1)OCO2. The van der Waals surface area contributed by atoms with E-state index in [-0.39, 0.29) is 19.2 Å². The highest BCUT2D eigenvalue weighted by Gasteiger charge is 2.21. The second kappa shape index (κ2) is 6.35. The van der Waals surface area contributed by atoms with E-state index in [1.54, 1.807) is 18.2 Å². The van der Waals surface area contributed by atoms with Crippen LogP contribution in [-0.4, -0.2) is 31.8 Å². The van der Waals surface area contributed by atoms with Gasteiger partial charge < -0.3 is 19.7 Å². The summed E-state index contributed by atoms with van der Waals surface area (Å²) in [5, 5.41) is 4.97. The average Bonchev–Trinajstić information content (AvgIpc) is 3.21. The molecule has 2 aliphatic rings. The van der Waals surface area contributed by atoms with Crippen LogP contribution in [0.3, 0.4) is 0 Å². The van der Waals surface area contributed by atoms with E-state index in [0.29, 0.717) is 17.2 Å². The van der Waals surface area contributed by atoms with Crippen LogP contribution >= 0.6 is 0 Å². The van der Waals surface area contributed by atoms with Crippen molar-refractivity contribution in [1.82, 2.24) is 5.32 Å². The molecule has 0 bridgehead atoms. The minimum Gasteiger partial charge on any atom is -0.454 e. The second-order valence-electron chi connectivity index (χ2n) is 5.87. The Morgan fingerprint density at radius 3 is 2.84 bits per heavy atom. The van der Waals surface area contributed by atoms with Crippen LogP contribution in [0.2, 0.25) is 0 Å². The molecule has 4 rings (SSSR count). The van der Waals surface area contributed by atoms with Crippen LogP contribution in [0.15, 0.2) is 42.5 Å². The number of imide groups is 1. The summed E-state index contributed by atoms with van der Waals surface area (Å²) in [6, 6.07) is 12.5. The molecule has 0 spiro atoms. The Morgan fingerprint density at radius 1 is 1.08 bits per heavy atom. The molecule has 0 fully saturated rings. The predicted molar refractivity (Wildman–Crippen MR) is 92.1 cm³/mol. The standard InChI is InChI=1S/C18H17N3O4/c22-17(10-21-8-7-12-3-1-2-4-14(12)21)20-18(23)19-13-5-6-15-16(9-13)25-11-24-15/h1-6,9H,7-8,10-11H2,(H2,19,20,22,23). The summed E-state index contributed by atoms with van der Waals surface area (Å²) in [6.45, 7) is 1.09. The minimum atomic E-state index is -0.573. The van der Waals surface area contributed by atoms with E-state index in [0.717, 1.165) is 18.7 Å². The Bertz CT molecular complexity index is 837. The first-order chi connectivity index (χ1) is 12.2. The molecule has 0 atom stereocenters. The van der Waals surface area contributed by atoms with Gasteiger partial charge in [-0.15, -0.1) is 0 Å². The van der Waals surface area contributed by atoms with Gasteiger partial charge >= 0.3 is 6.03 Å². The Kier molecular flexibility index (Phi) is 3.89. The van der Waals surface area contributed by atoms with Crippen molar-refractivity contribution in [3.63, 3.8) is 0 Å². The quantitative estimate of drug-likeness (QED) is 0.895. The highest BCUT2D eigenvalue weighted by Crippen LogP contribution is 2.34. The van der Waals surface area contributed by atoms with Gasteiger partial charge in [-0.3, -0.25) is 10.1 Å². The molecule has 0 saturated heterocycles. The lowest BCUT2D eigenvalue weighted by Crippen LogP contribution is -2.41. The molecule has 2 heterocycles. The third-order valence-corrected chi connectivity index (χ3v) is 4.20. The van der Waals surface area contributed by atoms with Crippen molar-refractivity contribution in [3.05, 3.63) is 48.0 Å². The molecule has 128 valence electrons. The first kappa shape index (κ1) is 15.3. The number of benzene rings is 2. The molecule has 2 aliphatic heterocycles. The zero-order chi connectivity index (χ0) is 17.2. The molecule has 3 amide bonds. The molecule has 7 heteroatoms. The Morgan fingerprint density at radius 2 is 1.92 bits per heavy atom. The number of hydrogen-bond acceptors (Lipinski definition) is 5. The molecule has 2 N–H and O–H groups in total. The summed E-state index contributed by atoms with van der Waals surface area (Å²) in [5.41, 5.74) is 2.80. The Labute approximate surface area is 144 Å². The maximum atomic E-state index is 12.1. The van der Waals surface area contributed by atoms with Crippen LogP contribution < -0.4 is 25.0 Å². The number of nitrogens with one attached hydrogen (secondary N) is 2. The van der Waals surface area contributed by atoms with Gasteiger partial charge in [0.05, 0.1) is 6.54 Å². The smallest absolute Gasteiger partial charge is 0.325 e. The molecule has 2 aromatic rings. The molecule has 0 unspecified atom stereocenters. The lowest BCUT2D eigenvalue weighted by atomic mass is 10.2. The molecule has 2 aromatic carbocycles. The summed E-state index contributed by atoms with van der Waals surface area (Å²) in [6.07, 6.45) is 0.910. The number of nitrogens with zero attached hydrogens (tertiary/aromatic N) is 1. The molecule has 0 saturated carbocycles. The zero-order valence-corrected chi connectivity index (χ0v) is 13.5. The third kappa shape index (κ3) is 3.21. The molecule has 25 heavy (non-hydrogen) atoms. The van der Waals surface area contributed by atoms with E-state index >= 15 is 0 Å². The predicted octanol–water partition coefficient (Wildman–Crippen LogP) is 2.13. The summed E-state index contributed by atoms with van der Waals surface area (Å²) in [5.74, 6) is 0.850. The fraction of sp³-hybridized carbons (Fsp3) is 0.222. The maximum Gasteiger partial charge on any atom is 0.325 e. The number of urea groups is 1. The number of anilines is 2. The molecular weight excluding hydrogens is 322 g/mol. The fourth-order valence-corrected chi connectivity index (χ4v) is 3.05. The van der Waals surface area contributed by atoms with E-state index in [9.17, 15) is 9.59 Å². The number of carbonyl (C=O) groups is 2. The Hall–Kier alpha value is -3.22. The van der Waals surface area contributed by atoms with E-state index in [4.69, 9.17) is 9.47 Å². The van der Waals surface area contributed by atoms with Crippen molar-refractivity contribution < 1.29 is 19.1 Å². The van der Waals surface area contributed by atoms with E-state index < -0.39 is 6.03 Å². The van der Waals surface area contributed by atoms with Gasteiger partial charge in [-0.2, -0.15) is 0 Å². The zero-order valence-electron chi connectivity index (χ0n) is 13.5. The van der Waals surface area contributed by atoms with Crippen molar-refractivity contribution in [1.29, 1.82) is 0 Å². The highest BCUT2D eigenvalue weighted by molar-refractivity contribution is 6.02. The number of fused-ring (bicyclic) bond motifs is 2. The summed E-state index contributed by atoms with van der Waals surface area (Å²) in [7, 11) is 0. The monoisotopic (exact) mass is 339 g/mol. The van der Waals surface area contributed by atoms with E-state index in [1.165, 1.54) is 5.56 Å². The maximum absolute atomic E-state index is 12.1. The number of amides is 3. The van der Waals surface area contributed by atoms with Crippen LogP contribution in [-0.2, 0) is 11.2 Å². The van der Waals surface area contributed by atoms with Crippen molar-refractivity contribution in [3.8, 4) is 11.5 Å². The number of carbonyl (C=O) groups excluding carboxylic acids is 2. The number of ether oxygens (including phenoxy) is 2. The topological polar surface area (TPSA) is 79.9 Å². The van der Waals surface area contributed by atoms with Gasteiger partial charge in [0.2, 0.25) is 12.7 Å². The first-order valence-electron chi connectivity index (χ1n) is 8.02. The van der Waals surface area contributed by atoms with Crippen molar-refractivity contribution in [2.75, 3.05) is 30.1 Å². The van der Waals surface area contributed by atoms with Gasteiger partial charge in [-0.25, -0.2) is 4.79 Å². The van der Waals surface area contributed by atoms with E-state index in [2.05, 4.69) is 16.7 Å². The van der Waals surface area contributed by atoms with Crippen molar-refractivity contribution in [2.45, 2.75) is 6.42 Å². The summed E-state index contributed by atoms with van der Waals surface area (Å²) in [4.78, 5) is 26.1. The molecule has 0 aromatic heterocycles. The van der Waals surface area contributed by atoms with Crippen LogP contribution in [0.25, 0.3) is 0 Å². The fourth-order valence-electron chi connectivity index (χ4n) is 3.05. The lowest BCUT2D eigenvalue weighted by Gasteiger charge is -2.18. The average molecular weight is 339 g/mol. The normalized spacial score (nSPS) is 14.2. The van der Waals surface area contributed by atoms with Gasteiger partial charge in [0.1, 0.15) is 0 Å². The molecular formula is C18H17N3O4. The third-order valence-electron chi connectivity index (χ3n) is 4.20. The van der Waals surface area contributed by atoms with Crippen LogP contribution in [0, 0.1) is 0 Å². The van der Waals surface area contributed by atoms with Gasteiger partial charge in [0.15, 0.2) is 11.5 Å². The number of para-hydroxylation sites is 1. The molecule has 0 aliphatic carbocycles. The summed E-state index contributed by atoms with van der Waals surface area (Å²) >= 11 is 0. The number of hydrogen-bond donors (Lipinski definition) is 2. The summed E-state index contributed by atoms with van der Waals surface area (Å²) < 4.78 is 10.5. The van der Waals surface area contributed by atoms with E-state index in [1.807, 2.05) is 23.1 Å². The molecule has 7 nitrogen and oxygen atoms in total. The first-order valence-corrected chi connectivity index (χ1v) is 8.02. The minimum absolute atomic E-state index is 0.144. The van der Waals surface area contributed by atoms with Gasteiger partial charge in [0.25, 0.3) is 0 Å². The van der Waals surface area contributed by atoms with Gasteiger partial charge in [-0.05, 0) is 30.2 Å². The second-order valence-corrected chi connectivity index (χ2v) is 5.87. The molecule has 0 radical (unpaired) electrons. The largest absolute Gasteiger partial charge is 0.454 e. The van der Waals surface area contributed by atoms with Crippen LogP contribution in [0.4, 0.5) is 16.2 Å². The highest BCUT2D eigenvalue weighted by atomic mass is 16.7. The van der Waals surface area contributed by atoms with Crippen molar-refractivity contribution >= 4 is 23.3 Å². The van der Waals surface area contributed by atoms with Gasteiger partial charge in [0, 0.05) is 24.0 Å². The van der Waals surface area contributed by atoms with Crippen molar-refractivity contribution in [2.24, 2.45) is 0 Å². The van der Waals surface area contributed by atoms with Gasteiger partial charge in [-0.1, -0.05) is 18.2 Å². The Balaban J connectivity index is 1.33. The van der Waals surface area contributed by atoms with Crippen LogP contribution in [0.5, 0.6) is 11.5 Å².